The highest BCUT2D eigenvalue weighted by Crippen LogP contribution is 2.36. The first-order valence-electron chi connectivity index (χ1n) is 8.37. The molecule has 3 aromatic rings. The molecule has 3 rings (SSSR count). The second kappa shape index (κ2) is 7.74. The van der Waals surface area contributed by atoms with Crippen LogP contribution >= 0.6 is 0 Å². The third-order valence-electron chi connectivity index (χ3n) is 4.47. The van der Waals surface area contributed by atoms with Crippen LogP contribution in [-0.4, -0.2) is 14.2 Å². The molecule has 0 amide bonds. The van der Waals surface area contributed by atoms with Crippen LogP contribution in [0.25, 0.3) is 0 Å². The summed E-state index contributed by atoms with van der Waals surface area (Å²) in [6.45, 7) is 0. The van der Waals surface area contributed by atoms with Gasteiger partial charge in [0, 0.05) is 5.92 Å². The number of methoxy groups -OCH3 is 2. The third-order valence-corrected chi connectivity index (χ3v) is 4.47. The van der Waals surface area contributed by atoms with Gasteiger partial charge in [-0.1, -0.05) is 36.4 Å². The zero-order valence-electron chi connectivity index (χ0n) is 15.0. The predicted molar refractivity (Wildman–Crippen MR) is 98.4 cm³/mol. The zero-order valence-corrected chi connectivity index (χ0v) is 15.0. The average molecular weight is 372 g/mol. The molecule has 27 heavy (non-hydrogen) atoms. The highest BCUT2D eigenvalue weighted by molar-refractivity contribution is 5.46. The molecule has 0 bridgehead atoms. The molecule has 140 valence electrons. The summed E-state index contributed by atoms with van der Waals surface area (Å²) in [7, 11) is 3.18. The van der Waals surface area contributed by atoms with Crippen molar-refractivity contribution in [3.63, 3.8) is 0 Å². The summed E-state index contributed by atoms with van der Waals surface area (Å²) in [6, 6.07) is 20.4. The highest BCUT2D eigenvalue weighted by atomic mass is 19.4. The third kappa shape index (κ3) is 4.25. The second-order valence-electron chi connectivity index (χ2n) is 6.10. The van der Waals surface area contributed by atoms with Gasteiger partial charge in [-0.25, -0.2) is 0 Å². The van der Waals surface area contributed by atoms with E-state index in [0.29, 0.717) is 0 Å². The molecular weight excluding hydrogens is 353 g/mol. The first-order chi connectivity index (χ1) is 12.9. The fraction of sp³-hybridized carbons (Fsp3) is 0.182. The van der Waals surface area contributed by atoms with E-state index in [1.807, 2.05) is 48.5 Å². The summed E-state index contributed by atoms with van der Waals surface area (Å²) < 4.78 is 49.1. The molecule has 0 atom stereocenters. The Balaban J connectivity index is 2.05. The molecule has 0 fully saturated rings. The molecule has 0 N–H and O–H groups in total. The predicted octanol–water partition coefficient (Wildman–Crippen LogP) is 5.90. The van der Waals surface area contributed by atoms with Crippen molar-refractivity contribution in [3.8, 4) is 11.5 Å². The SMILES string of the molecule is COc1ccc(C(c2ccc(OC)cc2)c2ccc(C(F)(F)F)cc2)cc1. The van der Waals surface area contributed by atoms with Crippen LogP contribution in [0.2, 0.25) is 0 Å². The Hall–Kier alpha value is -2.95. The summed E-state index contributed by atoms with van der Waals surface area (Å²) in [6.07, 6.45) is -4.35. The summed E-state index contributed by atoms with van der Waals surface area (Å²) in [5.74, 6) is 1.24. The standard InChI is InChI=1S/C22H19F3O2/c1-26-19-11-5-16(6-12-19)21(17-7-13-20(27-2)14-8-17)15-3-9-18(10-4-15)22(23,24)25/h3-14,21H,1-2H3. The van der Waals surface area contributed by atoms with Crippen molar-refractivity contribution >= 4 is 0 Å². The first kappa shape index (κ1) is 18.8. The van der Waals surface area contributed by atoms with Crippen molar-refractivity contribution in [3.05, 3.63) is 95.1 Å². The van der Waals surface area contributed by atoms with Crippen molar-refractivity contribution in [2.75, 3.05) is 14.2 Å². The fourth-order valence-corrected chi connectivity index (χ4v) is 3.03. The van der Waals surface area contributed by atoms with Crippen molar-refractivity contribution in [2.24, 2.45) is 0 Å². The van der Waals surface area contributed by atoms with Crippen molar-refractivity contribution in [1.29, 1.82) is 0 Å². The van der Waals surface area contributed by atoms with Crippen LogP contribution < -0.4 is 9.47 Å². The highest BCUT2D eigenvalue weighted by Gasteiger charge is 2.30. The lowest BCUT2D eigenvalue weighted by Crippen LogP contribution is -2.07. The Morgan fingerprint density at radius 2 is 0.926 bits per heavy atom. The maximum Gasteiger partial charge on any atom is 0.416 e. The van der Waals surface area contributed by atoms with Gasteiger partial charge in [-0.3, -0.25) is 0 Å². The second-order valence-corrected chi connectivity index (χ2v) is 6.10. The van der Waals surface area contributed by atoms with Crippen LogP contribution in [0.4, 0.5) is 13.2 Å². The minimum absolute atomic E-state index is 0.205. The van der Waals surface area contributed by atoms with Crippen LogP contribution in [0.3, 0.4) is 0 Å². The minimum Gasteiger partial charge on any atom is -0.497 e. The van der Waals surface area contributed by atoms with E-state index in [-0.39, 0.29) is 5.92 Å². The number of alkyl halides is 3. The molecule has 0 aliphatic carbocycles. The van der Waals surface area contributed by atoms with E-state index in [9.17, 15) is 13.2 Å². The Morgan fingerprint density at radius 1 is 0.593 bits per heavy atom. The number of hydrogen-bond acceptors (Lipinski definition) is 2. The van der Waals surface area contributed by atoms with Gasteiger partial charge in [0.15, 0.2) is 0 Å². The summed E-state index contributed by atoms with van der Waals surface area (Å²) in [5, 5.41) is 0. The number of hydrogen-bond donors (Lipinski definition) is 0. The summed E-state index contributed by atoms with van der Waals surface area (Å²) in [5.41, 5.74) is 2.04. The van der Waals surface area contributed by atoms with Gasteiger partial charge in [-0.05, 0) is 53.1 Å². The number of rotatable bonds is 5. The lowest BCUT2D eigenvalue weighted by Gasteiger charge is -2.20. The normalized spacial score (nSPS) is 11.5. The van der Waals surface area contributed by atoms with Gasteiger partial charge >= 0.3 is 6.18 Å². The van der Waals surface area contributed by atoms with E-state index < -0.39 is 11.7 Å². The van der Waals surface area contributed by atoms with Gasteiger partial charge in [-0.2, -0.15) is 13.2 Å². The molecule has 0 unspecified atom stereocenters. The van der Waals surface area contributed by atoms with Gasteiger partial charge in [0.05, 0.1) is 19.8 Å². The molecule has 0 aliphatic heterocycles. The Morgan fingerprint density at radius 3 is 1.22 bits per heavy atom. The fourth-order valence-electron chi connectivity index (χ4n) is 3.03. The van der Waals surface area contributed by atoms with Gasteiger partial charge in [-0.15, -0.1) is 0 Å². The van der Waals surface area contributed by atoms with Gasteiger partial charge in [0.2, 0.25) is 0 Å². The quantitative estimate of drug-likeness (QED) is 0.519. The summed E-state index contributed by atoms with van der Waals surface area (Å²) in [4.78, 5) is 0. The van der Waals surface area contributed by atoms with E-state index in [4.69, 9.17) is 9.47 Å². The molecule has 0 saturated heterocycles. The summed E-state index contributed by atoms with van der Waals surface area (Å²) >= 11 is 0. The molecule has 2 nitrogen and oxygen atoms in total. The van der Waals surface area contributed by atoms with Gasteiger partial charge in [0.25, 0.3) is 0 Å². The van der Waals surface area contributed by atoms with Crippen molar-refractivity contribution < 1.29 is 22.6 Å². The van der Waals surface area contributed by atoms with Crippen molar-refractivity contribution in [2.45, 2.75) is 12.1 Å². The molecular formula is C22H19F3O2. The topological polar surface area (TPSA) is 18.5 Å². The van der Waals surface area contributed by atoms with Crippen LogP contribution in [0.1, 0.15) is 28.2 Å². The molecule has 0 aliphatic rings. The molecule has 0 aromatic heterocycles. The average Bonchev–Trinajstić information content (AvgIpc) is 2.69. The Kier molecular flexibility index (Phi) is 5.40. The minimum atomic E-state index is -4.35. The molecule has 0 radical (unpaired) electrons. The lowest BCUT2D eigenvalue weighted by atomic mass is 9.85. The van der Waals surface area contributed by atoms with E-state index in [2.05, 4.69) is 0 Å². The molecule has 0 spiro atoms. The van der Waals surface area contributed by atoms with E-state index in [1.165, 1.54) is 12.1 Å². The van der Waals surface area contributed by atoms with Crippen LogP contribution in [0, 0.1) is 0 Å². The maximum atomic E-state index is 12.9. The first-order valence-corrected chi connectivity index (χ1v) is 8.37. The Bertz CT molecular complexity index is 820. The number of ether oxygens (including phenoxy) is 2. The van der Waals surface area contributed by atoms with E-state index >= 15 is 0 Å². The van der Waals surface area contributed by atoms with Crippen LogP contribution in [0.5, 0.6) is 11.5 Å². The van der Waals surface area contributed by atoms with Crippen LogP contribution in [-0.2, 0) is 6.18 Å². The van der Waals surface area contributed by atoms with Gasteiger partial charge in [0.1, 0.15) is 11.5 Å². The maximum absolute atomic E-state index is 12.9. The molecule has 5 heteroatoms. The van der Waals surface area contributed by atoms with Crippen LogP contribution in [0.15, 0.2) is 72.8 Å². The van der Waals surface area contributed by atoms with Crippen molar-refractivity contribution in [1.82, 2.24) is 0 Å². The Labute approximate surface area is 156 Å². The number of benzene rings is 3. The van der Waals surface area contributed by atoms with Gasteiger partial charge < -0.3 is 9.47 Å². The molecule has 0 saturated carbocycles. The van der Waals surface area contributed by atoms with E-state index in [0.717, 1.165) is 40.3 Å². The molecule has 0 heterocycles. The van der Waals surface area contributed by atoms with E-state index in [1.54, 1.807) is 14.2 Å². The number of halogens is 3. The smallest absolute Gasteiger partial charge is 0.416 e. The molecule has 3 aromatic carbocycles. The zero-order chi connectivity index (χ0) is 19.4. The lowest BCUT2D eigenvalue weighted by molar-refractivity contribution is -0.137. The monoisotopic (exact) mass is 372 g/mol. The largest absolute Gasteiger partial charge is 0.497 e.